The number of benzene rings is 2. The first-order chi connectivity index (χ1) is 10.2. The van der Waals surface area contributed by atoms with Crippen molar-refractivity contribution in [1.29, 1.82) is 0 Å². The van der Waals surface area contributed by atoms with Gasteiger partial charge in [-0.2, -0.15) is 0 Å². The number of nitrogens with zero attached hydrogens (tertiary/aromatic N) is 1. The minimum Gasteiger partial charge on any atom is -0.293 e. The number of aryl methyl sites for hydroxylation is 1. The highest BCUT2D eigenvalue weighted by atomic mass is 32.2. The molecule has 2 nitrogen and oxygen atoms in total. The molecule has 0 unspecified atom stereocenters. The van der Waals surface area contributed by atoms with Crippen LogP contribution in [0.5, 0.6) is 0 Å². The van der Waals surface area contributed by atoms with Gasteiger partial charge >= 0.3 is 0 Å². The second kappa shape index (κ2) is 6.10. The first kappa shape index (κ1) is 13.8. The number of pyridine rings is 1. The smallest absolute Gasteiger partial charge is 0.173 e. The molecule has 0 bridgehead atoms. The molecule has 1 heterocycles. The quantitative estimate of drug-likeness (QED) is 0.523. The Morgan fingerprint density at radius 3 is 2.71 bits per heavy atom. The summed E-state index contributed by atoms with van der Waals surface area (Å²) in [5, 5.41) is 1.00. The molecule has 104 valence electrons. The number of Topliss-reactive ketones (excluding diaryl/α,β-unsaturated/α-hetero) is 1. The van der Waals surface area contributed by atoms with Gasteiger partial charge in [0.2, 0.25) is 0 Å². The van der Waals surface area contributed by atoms with Crippen LogP contribution >= 0.6 is 11.8 Å². The molecule has 2 aromatic carbocycles. The number of carbonyl (C=O) groups is 1. The summed E-state index contributed by atoms with van der Waals surface area (Å²) < 4.78 is 0. The zero-order chi connectivity index (χ0) is 14.7. The van der Waals surface area contributed by atoms with E-state index in [1.807, 2.05) is 30.3 Å². The van der Waals surface area contributed by atoms with Gasteiger partial charge in [-0.25, -0.2) is 0 Å². The van der Waals surface area contributed by atoms with E-state index in [1.165, 1.54) is 5.56 Å². The van der Waals surface area contributed by atoms with Crippen molar-refractivity contribution < 1.29 is 4.79 Å². The van der Waals surface area contributed by atoms with Crippen LogP contribution in [-0.2, 0) is 0 Å². The topological polar surface area (TPSA) is 30.0 Å². The van der Waals surface area contributed by atoms with Gasteiger partial charge < -0.3 is 0 Å². The summed E-state index contributed by atoms with van der Waals surface area (Å²) in [6.45, 7) is 2.06. The van der Waals surface area contributed by atoms with Crippen LogP contribution in [0.3, 0.4) is 0 Å². The van der Waals surface area contributed by atoms with Gasteiger partial charge in [-0.05, 0) is 43.3 Å². The molecule has 0 aliphatic heterocycles. The largest absolute Gasteiger partial charge is 0.293 e. The molecule has 1 aromatic heterocycles. The molecule has 0 aliphatic rings. The summed E-state index contributed by atoms with van der Waals surface area (Å²) in [5.41, 5.74) is 2.89. The number of aromatic nitrogens is 1. The molecule has 0 atom stereocenters. The number of thioether (sulfide) groups is 1. The fraction of sp³-hybridized carbons (Fsp3) is 0.111. The molecule has 0 spiro atoms. The molecule has 3 heteroatoms. The third-order valence-electron chi connectivity index (χ3n) is 3.32. The summed E-state index contributed by atoms with van der Waals surface area (Å²) in [4.78, 5) is 17.7. The van der Waals surface area contributed by atoms with E-state index in [0.29, 0.717) is 5.75 Å². The summed E-state index contributed by atoms with van der Waals surface area (Å²) in [7, 11) is 0. The standard InChI is InChI=1S/C18H15NOS/c1-13-4-7-16(8-5-13)21-12-18(20)15-6-9-17-14(11-15)3-2-10-19-17/h2-11H,12H2,1H3. The van der Waals surface area contributed by atoms with Gasteiger partial charge in [0.25, 0.3) is 0 Å². The predicted octanol–water partition coefficient (Wildman–Crippen LogP) is 4.52. The number of fused-ring (bicyclic) bond motifs is 1. The van der Waals surface area contributed by atoms with E-state index < -0.39 is 0 Å². The minimum absolute atomic E-state index is 0.145. The van der Waals surface area contributed by atoms with Gasteiger partial charge in [0.05, 0.1) is 11.3 Å². The van der Waals surface area contributed by atoms with Crippen LogP contribution in [-0.4, -0.2) is 16.5 Å². The first-order valence-electron chi connectivity index (χ1n) is 6.80. The average molecular weight is 293 g/mol. The van der Waals surface area contributed by atoms with Crippen molar-refractivity contribution in [2.75, 3.05) is 5.75 Å². The summed E-state index contributed by atoms with van der Waals surface area (Å²) in [6, 6.07) is 17.8. The number of rotatable bonds is 4. The monoisotopic (exact) mass is 293 g/mol. The second-order valence-corrected chi connectivity index (χ2v) is 5.98. The average Bonchev–Trinajstić information content (AvgIpc) is 2.53. The molecule has 3 aromatic rings. The Morgan fingerprint density at radius 2 is 1.90 bits per heavy atom. The zero-order valence-electron chi connectivity index (χ0n) is 11.7. The number of hydrogen-bond acceptors (Lipinski definition) is 3. The highest BCUT2D eigenvalue weighted by Gasteiger charge is 2.07. The maximum Gasteiger partial charge on any atom is 0.173 e. The van der Waals surface area contributed by atoms with E-state index in [4.69, 9.17) is 0 Å². The second-order valence-electron chi connectivity index (χ2n) is 4.94. The lowest BCUT2D eigenvalue weighted by atomic mass is 10.1. The lowest BCUT2D eigenvalue weighted by Crippen LogP contribution is -2.02. The molecular formula is C18H15NOS. The van der Waals surface area contributed by atoms with Gasteiger partial charge in [-0.15, -0.1) is 11.8 Å². The van der Waals surface area contributed by atoms with Crippen molar-refractivity contribution in [3.8, 4) is 0 Å². The van der Waals surface area contributed by atoms with E-state index in [1.54, 1.807) is 18.0 Å². The molecule has 0 saturated carbocycles. The van der Waals surface area contributed by atoms with Gasteiger partial charge in [0.1, 0.15) is 0 Å². The highest BCUT2D eigenvalue weighted by Crippen LogP contribution is 2.21. The first-order valence-corrected chi connectivity index (χ1v) is 7.78. The van der Waals surface area contributed by atoms with Gasteiger partial charge in [0.15, 0.2) is 5.78 Å². The van der Waals surface area contributed by atoms with Crippen LogP contribution in [0.2, 0.25) is 0 Å². The molecule has 21 heavy (non-hydrogen) atoms. The number of ketones is 1. The lowest BCUT2D eigenvalue weighted by molar-refractivity contribution is 0.102. The maximum absolute atomic E-state index is 12.3. The van der Waals surface area contributed by atoms with Crippen molar-refractivity contribution in [3.05, 3.63) is 71.9 Å². The molecule has 0 N–H and O–H groups in total. The molecule has 0 saturated heterocycles. The predicted molar refractivity (Wildman–Crippen MR) is 88.0 cm³/mol. The Labute approximate surface area is 128 Å². The Bertz CT molecular complexity index is 781. The maximum atomic E-state index is 12.3. The van der Waals surface area contributed by atoms with E-state index in [0.717, 1.165) is 21.4 Å². The Morgan fingerprint density at radius 1 is 1.10 bits per heavy atom. The Hall–Kier alpha value is -2.13. The molecule has 0 fully saturated rings. The summed E-state index contributed by atoms with van der Waals surface area (Å²) >= 11 is 1.57. The fourth-order valence-corrected chi connectivity index (χ4v) is 2.91. The van der Waals surface area contributed by atoms with Crippen molar-refractivity contribution >= 4 is 28.4 Å². The molecule has 0 amide bonds. The summed E-state index contributed by atoms with van der Waals surface area (Å²) in [6.07, 6.45) is 1.76. The molecule has 0 radical (unpaired) electrons. The van der Waals surface area contributed by atoms with E-state index >= 15 is 0 Å². The van der Waals surface area contributed by atoms with Crippen molar-refractivity contribution in [2.45, 2.75) is 11.8 Å². The van der Waals surface area contributed by atoms with Crippen LogP contribution < -0.4 is 0 Å². The minimum atomic E-state index is 0.145. The van der Waals surface area contributed by atoms with Crippen LogP contribution in [0.25, 0.3) is 10.9 Å². The number of carbonyl (C=O) groups excluding carboxylic acids is 1. The number of hydrogen-bond donors (Lipinski definition) is 0. The van der Waals surface area contributed by atoms with Gasteiger partial charge in [-0.1, -0.05) is 23.8 Å². The lowest BCUT2D eigenvalue weighted by Gasteiger charge is -2.04. The van der Waals surface area contributed by atoms with E-state index in [-0.39, 0.29) is 5.78 Å². The fourth-order valence-electron chi connectivity index (χ4n) is 2.12. The van der Waals surface area contributed by atoms with Gasteiger partial charge in [0, 0.05) is 22.0 Å². The van der Waals surface area contributed by atoms with Crippen molar-refractivity contribution in [3.63, 3.8) is 0 Å². The molecular weight excluding hydrogens is 278 g/mol. The third-order valence-corrected chi connectivity index (χ3v) is 4.33. The molecule has 0 aliphatic carbocycles. The van der Waals surface area contributed by atoms with Crippen LogP contribution in [0.4, 0.5) is 0 Å². The normalized spacial score (nSPS) is 10.7. The van der Waals surface area contributed by atoms with Crippen LogP contribution in [0.1, 0.15) is 15.9 Å². The zero-order valence-corrected chi connectivity index (χ0v) is 12.6. The van der Waals surface area contributed by atoms with Crippen LogP contribution in [0, 0.1) is 6.92 Å². The summed E-state index contributed by atoms with van der Waals surface area (Å²) in [5.74, 6) is 0.598. The van der Waals surface area contributed by atoms with Crippen LogP contribution in [0.15, 0.2) is 65.7 Å². The highest BCUT2D eigenvalue weighted by molar-refractivity contribution is 8.00. The molecule has 3 rings (SSSR count). The van der Waals surface area contributed by atoms with E-state index in [9.17, 15) is 4.79 Å². The Balaban J connectivity index is 1.73. The SMILES string of the molecule is Cc1ccc(SCC(=O)c2ccc3ncccc3c2)cc1. The van der Waals surface area contributed by atoms with E-state index in [2.05, 4.69) is 36.2 Å². The third kappa shape index (κ3) is 3.31. The van der Waals surface area contributed by atoms with Gasteiger partial charge in [-0.3, -0.25) is 9.78 Å². The van der Waals surface area contributed by atoms with Crippen molar-refractivity contribution in [2.24, 2.45) is 0 Å². The van der Waals surface area contributed by atoms with Crippen molar-refractivity contribution in [1.82, 2.24) is 4.98 Å². The Kier molecular flexibility index (Phi) is 4.02.